The third kappa shape index (κ3) is 7.09. The topological polar surface area (TPSA) is 56.3 Å². The number of rotatable bonds is 0. The predicted molar refractivity (Wildman–Crippen MR) is 321 cm³/mol. The number of hydrogen-bond acceptors (Lipinski definition) is 2. The summed E-state index contributed by atoms with van der Waals surface area (Å²) in [6, 6.07) is 41.9. The molecule has 2 N–H and O–H groups in total. The van der Waals surface area contributed by atoms with Crippen LogP contribution in [0.4, 0.5) is 0 Å². The maximum atomic E-state index is 6.13. The van der Waals surface area contributed by atoms with E-state index >= 15 is 0 Å². The maximum Gasteiger partial charge on any atom is 0.0857 e. The van der Waals surface area contributed by atoms with Crippen molar-refractivity contribution in [2.45, 2.75) is 75.0 Å². The number of allylic oxidation sites excluding steroid dienone is 14. The molecule has 6 aromatic rings. The number of H-pyrrole nitrogens is 2. The van der Waals surface area contributed by atoms with Gasteiger partial charge in [-0.05, 0) is 144 Å². The molecule has 378 valence electrons. The molecular formula is C76H54N4. The van der Waals surface area contributed by atoms with Crippen molar-refractivity contribution < 1.29 is 0 Å². The van der Waals surface area contributed by atoms with Crippen LogP contribution in [0.1, 0.15) is 131 Å². The van der Waals surface area contributed by atoms with E-state index < -0.39 is 0 Å². The monoisotopic (exact) mass is 1020 g/mol. The van der Waals surface area contributed by atoms with Crippen molar-refractivity contribution in [3.05, 3.63) is 276 Å². The first-order valence-electron chi connectivity index (χ1n) is 29.1. The van der Waals surface area contributed by atoms with Crippen molar-refractivity contribution in [2.75, 3.05) is 0 Å². The molecule has 4 heterocycles. The van der Waals surface area contributed by atoms with Gasteiger partial charge in [-0.3, -0.25) is 0 Å². The Bertz CT molecular complexity index is 4500. The van der Waals surface area contributed by atoms with E-state index in [1.807, 2.05) is 0 Å². The minimum absolute atomic E-state index is 0.179. The summed E-state index contributed by atoms with van der Waals surface area (Å²) in [7, 11) is 0. The highest BCUT2D eigenvalue weighted by molar-refractivity contribution is 6.35. The Hall–Kier alpha value is -9.32. The van der Waals surface area contributed by atoms with Gasteiger partial charge in [-0.1, -0.05) is 169 Å². The standard InChI is InChI=1S/C76H54N4/c1-5-13-45(14-6-1)21-41-57-69-61-49-25-29-51(30-26-49)63(61)71(77-69)58(42-22-46-15-7-2-8-16-46)73-65-53-33-37-55(38-34-53)67(65)75(79-73)60(44-24-48-19-11-4-12-20-48)76-68-56-39-35-54(36-40-56)66(68)74(80-76)59(43-23-47-17-9-3-10-18-47)72-64-52-31-27-50(28-32-52)62(64)70(57)78-72/h1-20,25,27,29,31,33,35,37,39,49-56,77-78H,26,28,30,32,34,36,38,40H2/t49-,50+,51+,52-,53-,54-,55+,56+/m1/s1. The number of aromatic amines is 2. The number of fused-ring (bicyclic) bond motifs is 4. The number of benzene rings is 4. The normalized spacial score (nSPS) is 25.9. The predicted octanol–water partition coefficient (Wildman–Crippen LogP) is 13.6. The Kier molecular flexibility index (Phi) is 10.3. The molecule has 13 aliphatic carbocycles. The highest BCUT2D eigenvalue weighted by Crippen LogP contribution is 2.56. The molecule has 4 nitrogen and oxygen atoms in total. The van der Waals surface area contributed by atoms with Gasteiger partial charge in [0.15, 0.2) is 0 Å². The smallest absolute Gasteiger partial charge is 0.0857 e. The van der Waals surface area contributed by atoms with E-state index in [2.05, 4.69) is 227 Å². The Balaban J connectivity index is 1.09. The van der Waals surface area contributed by atoms with Crippen LogP contribution in [-0.2, 0) is 0 Å². The molecule has 0 fully saturated rings. The summed E-state index contributed by atoms with van der Waals surface area (Å²) in [6.45, 7) is 0. The van der Waals surface area contributed by atoms with Crippen LogP contribution in [0.3, 0.4) is 0 Å². The molecule has 16 bridgehead atoms. The lowest BCUT2D eigenvalue weighted by molar-refractivity contribution is 0.500. The Morgan fingerprint density at radius 1 is 0.287 bits per heavy atom. The first-order valence-corrected chi connectivity index (χ1v) is 29.1. The summed E-state index contributed by atoms with van der Waals surface area (Å²) in [5.41, 5.74) is 24.2. The van der Waals surface area contributed by atoms with Crippen LogP contribution in [-0.4, -0.2) is 21.4 Å². The van der Waals surface area contributed by atoms with E-state index in [0.717, 1.165) is 141 Å². The molecule has 0 saturated heterocycles. The molecule has 2 aliphatic heterocycles. The van der Waals surface area contributed by atoms with Gasteiger partial charge in [-0.15, -0.1) is 0 Å². The molecule has 0 amide bonds. The zero-order valence-electron chi connectivity index (χ0n) is 44.3. The Morgan fingerprint density at radius 3 is 1.02 bits per heavy atom. The van der Waals surface area contributed by atoms with Crippen LogP contribution < -0.4 is 10.7 Å². The van der Waals surface area contributed by atoms with Crippen LogP contribution in [0, 0.1) is 71.0 Å². The first kappa shape index (κ1) is 45.7. The summed E-state index contributed by atoms with van der Waals surface area (Å²) in [5, 5.41) is 2.15. The van der Waals surface area contributed by atoms with Gasteiger partial charge in [0.25, 0.3) is 0 Å². The van der Waals surface area contributed by atoms with Crippen molar-refractivity contribution in [1.82, 2.24) is 9.97 Å². The molecule has 0 radical (unpaired) electrons. The minimum Gasteiger partial charge on any atom is -0.353 e. The van der Waals surface area contributed by atoms with Gasteiger partial charge in [0.05, 0.1) is 67.2 Å². The minimum atomic E-state index is 0.179. The van der Waals surface area contributed by atoms with Crippen LogP contribution in [0.2, 0.25) is 0 Å². The third-order valence-corrected chi connectivity index (χ3v) is 19.0. The molecule has 4 heteroatoms. The molecule has 15 aliphatic rings. The van der Waals surface area contributed by atoms with Crippen LogP contribution in [0.25, 0.3) is 16.7 Å². The van der Waals surface area contributed by atoms with Gasteiger partial charge < -0.3 is 9.97 Å². The molecule has 0 saturated carbocycles. The van der Waals surface area contributed by atoms with E-state index in [1.165, 1.54) is 44.5 Å². The van der Waals surface area contributed by atoms with Crippen molar-refractivity contribution in [3.63, 3.8) is 0 Å². The van der Waals surface area contributed by atoms with Crippen molar-refractivity contribution in [3.8, 4) is 47.4 Å². The summed E-state index contributed by atoms with van der Waals surface area (Å²) in [5.74, 6) is 32.3. The number of aliphatic imine (C=N–C) groups is 2. The van der Waals surface area contributed by atoms with E-state index in [1.54, 1.807) is 0 Å². The average molecular weight is 1020 g/mol. The van der Waals surface area contributed by atoms with E-state index in [9.17, 15) is 0 Å². The van der Waals surface area contributed by atoms with E-state index in [0.29, 0.717) is 0 Å². The zero-order chi connectivity index (χ0) is 52.4. The molecular weight excluding hydrogens is 969 g/mol. The molecule has 21 rings (SSSR count). The average Bonchev–Trinajstić information content (AvgIpc) is 4.53. The number of nitrogens with zero attached hydrogens (tertiary/aromatic N) is 2. The zero-order valence-corrected chi connectivity index (χ0v) is 44.3. The Morgan fingerprint density at radius 2 is 0.600 bits per heavy atom. The van der Waals surface area contributed by atoms with Crippen molar-refractivity contribution >= 4 is 28.1 Å². The fourth-order valence-corrected chi connectivity index (χ4v) is 15.4. The highest BCUT2D eigenvalue weighted by atomic mass is 14.9. The van der Waals surface area contributed by atoms with Gasteiger partial charge in [0, 0.05) is 69.6 Å². The second-order valence-corrected chi connectivity index (χ2v) is 23.3. The second kappa shape index (κ2) is 18.1. The summed E-state index contributed by atoms with van der Waals surface area (Å²) < 4.78 is 0. The van der Waals surface area contributed by atoms with Crippen molar-refractivity contribution in [1.29, 1.82) is 0 Å². The summed E-state index contributed by atoms with van der Waals surface area (Å²) in [4.78, 5) is 20.9. The van der Waals surface area contributed by atoms with Gasteiger partial charge in [-0.2, -0.15) is 0 Å². The Labute approximate surface area is 467 Å². The van der Waals surface area contributed by atoms with Crippen LogP contribution in [0.5, 0.6) is 0 Å². The van der Waals surface area contributed by atoms with Gasteiger partial charge in [0.2, 0.25) is 0 Å². The number of aromatic nitrogens is 2. The largest absolute Gasteiger partial charge is 0.353 e. The quantitative estimate of drug-likeness (QED) is 0.113. The molecule has 4 aromatic carbocycles. The van der Waals surface area contributed by atoms with Gasteiger partial charge in [-0.25, -0.2) is 9.98 Å². The second-order valence-electron chi connectivity index (χ2n) is 23.3. The van der Waals surface area contributed by atoms with E-state index in [4.69, 9.17) is 9.98 Å². The molecule has 0 spiro atoms. The van der Waals surface area contributed by atoms with E-state index in [-0.39, 0.29) is 47.3 Å². The number of hydrogen-bond donors (Lipinski definition) is 2. The first-order chi connectivity index (χ1) is 39.7. The lowest BCUT2D eigenvalue weighted by atomic mass is 9.67. The fourth-order valence-electron chi connectivity index (χ4n) is 15.4. The SMILES string of the molecule is C(#Cc1ccccc1)C1=C2N=C(C3=C2[C@H]2C=C[C@@H]3CC2)C(C#Cc2ccccc2)=c2[nH]c(c3c2[C@@H]2C=C[C@H]3CC2)=C(C#Cc2ccccc2)c2[nH]c(c3c2[C@@H]2C=C[C@H]3CC2)C(C#Cc2ccccc2)=C2N=C1C1=C2[C@@H]2C=C[C@H]1CC2. The van der Waals surface area contributed by atoms with Gasteiger partial charge in [0.1, 0.15) is 0 Å². The number of nitrogens with one attached hydrogen (secondary N) is 2. The molecule has 8 atom stereocenters. The maximum absolute atomic E-state index is 6.13. The molecule has 2 aromatic heterocycles. The summed E-state index contributed by atoms with van der Waals surface area (Å²) >= 11 is 0. The third-order valence-electron chi connectivity index (χ3n) is 19.0. The van der Waals surface area contributed by atoms with Crippen LogP contribution >= 0.6 is 0 Å². The van der Waals surface area contributed by atoms with Gasteiger partial charge >= 0.3 is 0 Å². The molecule has 0 unspecified atom stereocenters. The lowest BCUT2D eigenvalue weighted by Gasteiger charge is -2.35. The lowest BCUT2D eigenvalue weighted by Crippen LogP contribution is -2.28. The highest BCUT2D eigenvalue weighted by Gasteiger charge is 2.47. The van der Waals surface area contributed by atoms with Crippen molar-refractivity contribution in [2.24, 2.45) is 33.7 Å². The summed E-state index contributed by atoms with van der Waals surface area (Å²) in [6.07, 6.45) is 28.3. The fraction of sp³-hybridized carbons (Fsp3) is 0.211. The van der Waals surface area contributed by atoms with Crippen LogP contribution in [0.15, 0.2) is 219 Å². The molecule has 80 heavy (non-hydrogen) atoms.